The Balaban J connectivity index is 2.12. The van der Waals surface area contributed by atoms with Gasteiger partial charge in [0.05, 0.1) is 5.52 Å². The van der Waals surface area contributed by atoms with Crippen LogP contribution in [0.3, 0.4) is 0 Å². The van der Waals surface area contributed by atoms with E-state index in [1.807, 2.05) is 24.3 Å². The summed E-state index contributed by atoms with van der Waals surface area (Å²) in [4.78, 5) is 7.67. The van der Waals surface area contributed by atoms with Gasteiger partial charge in [0.1, 0.15) is 10.8 Å². The van der Waals surface area contributed by atoms with Gasteiger partial charge in [0, 0.05) is 23.5 Å². The van der Waals surface area contributed by atoms with Crippen molar-refractivity contribution in [3.05, 3.63) is 35.9 Å². The molecule has 0 bridgehead atoms. The molecule has 1 aromatic carbocycles. The van der Waals surface area contributed by atoms with Gasteiger partial charge in [0.25, 0.3) is 0 Å². The molecule has 1 saturated heterocycles. The van der Waals surface area contributed by atoms with Gasteiger partial charge >= 0.3 is 0 Å². The lowest BCUT2D eigenvalue weighted by Gasteiger charge is -2.38. The van der Waals surface area contributed by atoms with Gasteiger partial charge < -0.3 is 10.6 Å². The van der Waals surface area contributed by atoms with Crippen molar-refractivity contribution in [3.63, 3.8) is 0 Å². The fraction of sp³-hybridized carbons (Fsp3) is 0.412. The summed E-state index contributed by atoms with van der Waals surface area (Å²) in [6.45, 7) is 5.61. The van der Waals surface area contributed by atoms with Crippen LogP contribution >= 0.6 is 12.2 Å². The zero-order valence-electron chi connectivity index (χ0n) is 12.5. The van der Waals surface area contributed by atoms with Gasteiger partial charge in [0.15, 0.2) is 0 Å². The summed E-state index contributed by atoms with van der Waals surface area (Å²) in [5.74, 6) is 1.69. The van der Waals surface area contributed by atoms with E-state index in [1.54, 1.807) is 0 Å². The third kappa shape index (κ3) is 2.72. The van der Waals surface area contributed by atoms with Crippen LogP contribution in [-0.2, 0) is 0 Å². The summed E-state index contributed by atoms with van der Waals surface area (Å²) in [6, 6.07) is 10.6. The van der Waals surface area contributed by atoms with E-state index in [-0.39, 0.29) is 0 Å². The minimum atomic E-state index is 0.438. The fourth-order valence-corrected chi connectivity index (χ4v) is 3.29. The van der Waals surface area contributed by atoms with Crippen LogP contribution in [0, 0.1) is 5.92 Å². The molecule has 0 radical (unpaired) electrons. The van der Waals surface area contributed by atoms with E-state index < -0.39 is 0 Å². The second kappa shape index (κ2) is 5.60. The molecule has 21 heavy (non-hydrogen) atoms. The lowest BCUT2D eigenvalue weighted by Crippen LogP contribution is -2.41. The van der Waals surface area contributed by atoms with Crippen LogP contribution in [-0.4, -0.2) is 22.6 Å². The second-order valence-corrected chi connectivity index (χ2v) is 6.53. The molecule has 2 unspecified atom stereocenters. The number of hydrogen-bond acceptors (Lipinski definition) is 3. The fourth-order valence-electron chi connectivity index (χ4n) is 3.12. The summed E-state index contributed by atoms with van der Waals surface area (Å²) in [6.07, 6.45) is 2.49. The van der Waals surface area contributed by atoms with Crippen molar-refractivity contribution >= 4 is 33.9 Å². The van der Waals surface area contributed by atoms with Gasteiger partial charge in [0.2, 0.25) is 0 Å². The van der Waals surface area contributed by atoms with E-state index >= 15 is 0 Å². The summed E-state index contributed by atoms with van der Waals surface area (Å²) in [7, 11) is 0. The Labute approximate surface area is 131 Å². The van der Waals surface area contributed by atoms with Crippen molar-refractivity contribution in [3.8, 4) is 0 Å². The molecule has 2 aromatic rings. The van der Waals surface area contributed by atoms with Gasteiger partial charge in [-0.1, -0.05) is 37.3 Å². The zero-order chi connectivity index (χ0) is 15.0. The lowest BCUT2D eigenvalue weighted by molar-refractivity contribution is 0.388. The van der Waals surface area contributed by atoms with Crippen molar-refractivity contribution < 1.29 is 0 Å². The average Bonchev–Trinajstić information content (AvgIpc) is 2.48. The Kier molecular flexibility index (Phi) is 3.81. The summed E-state index contributed by atoms with van der Waals surface area (Å²) < 4.78 is 0. The highest BCUT2D eigenvalue weighted by Gasteiger charge is 2.24. The van der Waals surface area contributed by atoms with Crippen molar-refractivity contribution in [2.75, 3.05) is 11.4 Å². The molecule has 4 heteroatoms. The highest BCUT2D eigenvalue weighted by atomic mass is 32.1. The molecule has 1 aromatic heterocycles. The standard InChI is InChI=1S/C17H21N3S/c1-11-7-8-12(2)20(10-11)16-9-14(17(18)21)13-5-3-4-6-15(13)19-16/h3-6,9,11-12H,7-8,10H2,1-2H3,(H2,18,21). The van der Waals surface area contributed by atoms with E-state index in [0.717, 1.165) is 28.8 Å². The zero-order valence-corrected chi connectivity index (χ0v) is 13.4. The number of rotatable bonds is 2. The van der Waals surface area contributed by atoms with Crippen molar-refractivity contribution in [1.82, 2.24) is 4.98 Å². The molecule has 0 spiro atoms. The quantitative estimate of drug-likeness (QED) is 0.862. The normalized spacial score (nSPS) is 22.5. The average molecular weight is 299 g/mol. The molecule has 2 atom stereocenters. The van der Waals surface area contributed by atoms with E-state index in [0.29, 0.717) is 16.9 Å². The maximum atomic E-state index is 5.93. The molecule has 1 aliphatic heterocycles. The van der Waals surface area contributed by atoms with Crippen LogP contribution in [0.1, 0.15) is 32.3 Å². The van der Waals surface area contributed by atoms with E-state index in [2.05, 4.69) is 24.8 Å². The van der Waals surface area contributed by atoms with E-state index in [1.165, 1.54) is 12.8 Å². The molecule has 1 aliphatic rings. The molecule has 0 aliphatic carbocycles. The number of thiocarbonyl (C=S) groups is 1. The predicted molar refractivity (Wildman–Crippen MR) is 92.8 cm³/mol. The molecular weight excluding hydrogens is 278 g/mol. The number of pyridine rings is 1. The molecule has 0 amide bonds. The molecule has 2 N–H and O–H groups in total. The van der Waals surface area contributed by atoms with Crippen LogP contribution in [0.2, 0.25) is 0 Å². The van der Waals surface area contributed by atoms with Crippen LogP contribution < -0.4 is 10.6 Å². The summed E-state index contributed by atoms with van der Waals surface area (Å²) >= 11 is 5.23. The number of anilines is 1. The summed E-state index contributed by atoms with van der Waals surface area (Å²) in [5, 5.41) is 1.03. The Morgan fingerprint density at radius 1 is 1.29 bits per heavy atom. The third-order valence-corrected chi connectivity index (χ3v) is 4.60. The molecule has 1 fully saturated rings. The van der Waals surface area contributed by atoms with Gasteiger partial charge in [-0.25, -0.2) is 4.98 Å². The van der Waals surface area contributed by atoms with Crippen molar-refractivity contribution in [1.29, 1.82) is 0 Å². The Morgan fingerprint density at radius 3 is 2.81 bits per heavy atom. The molecular formula is C17H21N3S. The first kappa shape index (κ1) is 14.3. The van der Waals surface area contributed by atoms with Gasteiger partial charge in [-0.3, -0.25) is 0 Å². The summed E-state index contributed by atoms with van der Waals surface area (Å²) in [5.41, 5.74) is 7.81. The second-order valence-electron chi connectivity index (χ2n) is 6.09. The number of nitrogens with two attached hydrogens (primary N) is 1. The maximum Gasteiger partial charge on any atom is 0.130 e. The predicted octanol–water partition coefficient (Wildman–Crippen LogP) is 3.49. The van der Waals surface area contributed by atoms with Crippen LogP contribution in [0.15, 0.2) is 30.3 Å². The number of benzene rings is 1. The number of nitrogens with zero attached hydrogens (tertiary/aromatic N) is 2. The van der Waals surface area contributed by atoms with E-state index in [4.69, 9.17) is 22.9 Å². The number of fused-ring (bicyclic) bond motifs is 1. The Morgan fingerprint density at radius 2 is 2.05 bits per heavy atom. The largest absolute Gasteiger partial charge is 0.389 e. The van der Waals surface area contributed by atoms with E-state index in [9.17, 15) is 0 Å². The first-order valence-corrected chi connectivity index (χ1v) is 7.93. The molecule has 3 nitrogen and oxygen atoms in total. The lowest BCUT2D eigenvalue weighted by atomic mass is 9.95. The topological polar surface area (TPSA) is 42.1 Å². The van der Waals surface area contributed by atoms with Crippen molar-refractivity contribution in [2.45, 2.75) is 32.7 Å². The number of hydrogen-bond donors (Lipinski definition) is 1. The monoisotopic (exact) mass is 299 g/mol. The number of para-hydroxylation sites is 1. The van der Waals surface area contributed by atoms with Gasteiger partial charge in [-0.15, -0.1) is 0 Å². The minimum absolute atomic E-state index is 0.438. The first-order valence-electron chi connectivity index (χ1n) is 7.52. The molecule has 0 saturated carbocycles. The maximum absolute atomic E-state index is 5.93. The van der Waals surface area contributed by atoms with Crippen LogP contribution in [0.5, 0.6) is 0 Å². The minimum Gasteiger partial charge on any atom is -0.389 e. The first-order chi connectivity index (χ1) is 10.1. The van der Waals surface area contributed by atoms with Gasteiger partial charge in [-0.05, 0) is 37.8 Å². The van der Waals surface area contributed by atoms with Crippen molar-refractivity contribution in [2.24, 2.45) is 11.7 Å². The molecule has 3 rings (SSSR count). The van der Waals surface area contributed by atoms with Crippen LogP contribution in [0.4, 0.5) is 5.82 Å². The Bertz CT molecular complexity index is 683. The Hall–Kier alpha value is -1.68. The smallest absolute Gasteiger partial charge is 0.130 e. The molecule has 2 heterocycles. The number of aromatic nitrogens is 1. The van der Waals surface area contributed by atoms with Gasteiger partial charge in [-0.2, -0.15) is 0 Å². The third-order valence-electron chi connectivity index (χ3n) is 4.38. The highest BCUT2D eigenvalue weighted by molar-refractivity contribution is 7.80. The molecule has 110 valence electrons. The van der Waals surface area contributed by atoms with Crippen LogP contribution in [0.25, 0.3) is 10.9 Å². The SMILES string of the molecule is CC1CCC(C)N(c2cc(C(N)=S)c3ccccc3n2)C1. The number of piperidine rings is 1. The highest BCUT2D eigenvalue weighted by Crippen LogP contribution is 2.29.